The van der Waals surface area contributed by atoms with Crippen LogP contribution in [0.4, 0.5) is 5.69 Å². The highest BCUT2D eigenvalue weighted by atomic mass is 35.5. The van der Waals surface area contributed by atoms with Crippen molar-refractivity contribution in [3.8, 4) is 0 Å². The van der Waals surface area contributed by atoms with E-state index in [-0.39, 0.29) is 11.6 Å². The van der Waals surface area contributed by atoms with Crippen molar-refractivity contribution in [2.75, 3.05) is 26.2 Å². The summed E-state index contributed by atoms with van der Waals surface area (Å²) in [7, 11) is 0. The van der Waals surface area contributed by atoms with Gasteiger partial charge in [0, 0.05) is 37.7 Å². The summed E-state index contributed by atoms with van der Waals surface area (Å²) in [5.74, 6) is -0.0830. The highest BCUT2D eigenvalue weighted by Crippen LogP contribution is 2.19. The number of nitrogens with zero attached hydrogens (tertiary/aromatic N) is 5. The molecule has 1 amide bonds. The molecule has 1 fully saturated rings. The maximum Gasteiger partial charge on any atom is 0.307 e. The van der Waals surface area contributed by atoms with Gasteiger partial charge in [-0.05, 0) is 18.6 Å². The molecule has 1 atom stereocenters. The van der Waals surface area contributed by atoms with Crippen LogP contribution < -0.4 is 0 Å². The Morgan fingerprint density at radius 3 is 2.62 bits per heavy atom. The second-order valence-corrected chi connectivity index (χ2v) is 6.71. The van der Waals surface area contributed by atoms with Gasteiger partial charge in [-0.2, -0.15) is 5.10 Å². The van der Waals surface area contributed by atoms with Gasteiger partial charge in [-0.15, -0.1) is 0 Å². The molecule has 0 spiro atoms. The van der Waals surface area contributed by atoms with Crippen LogP contribution in [0.3, 0.4) is 0 Å². The number of aromatic nitrogens is 2. The smallest absolute Gasteiger partial charge is 0.307 e. The summed E-state index contributed by atoms with van der Waals surface area (Å²) in [4.78, 5) is 26.9. The van der Waals surface area contributed by atoms with E-state index in [9.17, 15) is 14.9 Å². The monoisotopic (exact) mass is 377 g/mol. The number of carbonyl (C=O) groups excluding carboxylic acids is 1. The fourth-order valence-corrected chi connectivity index (χ4v) is 3.20. The minimum atomic E-state index is -0.571. The molecule has 1 aliphatic heterocycles. The van der Waals surface area contributed by atoms with Crippen molar-refractivity contribution >= 4 is 23.2 Å². The van der Waals surface area contributed by atoms with Crippen molar-refractivity contribution < 1.29 is 9.72 Å². The zero-order chi connectivity index (χ0) is 18.7. The molecule has 0 N–H and O–H groups in total. The lowest BCUT2D eigenvalue weighted by atomic mass is 10.2. The maximum absolute atomic E-state index is 12.7. The predicted molar refractivity (Wildman–Crippen MR) is 96.9 cm³/mol. The average molecular weight is 378 g/mol. The van der Waals surface area contributed by atoms with E-state index in [2.05, 4.69) is 10.00 Å². The Morgan fingerprint density at radius 1 is 1.31 bits per heavy atom. The van der Waals surface area contributed by atoms with Crippen molar-refractivity contribution in [3.63, 3.8) is 0 Å². The van der Waals surface area contributed by atoms with Crippen LogP contribution in [0.5, 0.6) is 0 Å². The third kappa shape index (κ3) is 4.03. The second-order valence-electron chi connectivity index (χ2n) is 6.30. The van der Waals surface area contributed by atoms with Gasteiger partial charge in [-0.25, -0.2) is 0 Å². The topological polar surface area (TPSA) is 84.5 Å². The van der Waals surface area contributed by atoms with Crippen LogP contribution in [0.2, 0.25) is 5.02 Å². The Balaban J connectivity index is 1.56. The number of piperazine rings is 1. The second kappa shape index (κ2) is 7.84. The summed E-state index contributed by atoms with van der Waals surface area (Å²) < 4.78 is 1.34. The molecule has 1 aromatic carbocycles. The summed E-state index contributed by atoms with van der Waals surface area (Å²) in [5, 5.41) is 15.4. The number of benzene rings is 1. The molecule has 3 rings (SSSR count). The molecule has 2 heterocycles. The SMILES string of the molecule is CC(C(=O)N1CCN(Cc2ccccc2Cl)CC1)n1cc([N+](=O)[O-])cn1. The minimum absolute atomic E-state index is 0.0830. The lowest BCUT2D eigenvalue weighted by Crippen LogP contribution is -2.50. The predicted octanol–water partition coefficient (Wildman–Crippen LogP) is 2.35. The van der Waals surface area contributed by atoms with E-state index in [4.69, 9.17) is 11.6 Å². The van der Waals surface area contributed by atoms with E-state index < -0.39 is 11.0 Å². The average Bonchev–Trinajstić information content (AvgIpc) is 3.13. The van der Waals surface area contributed by atoms with E-state index >= 15 is 0 Å². The van der Waals surface area contributed by atoms with Gasteiger partial charge in [0.15, 0.2) is 0 Å². The number of nitro groups is 1. The molecule has 1 aliphatic rings. The van der Waals surface area contributed by atoms with Gasteiger partial charge < -0.3 is 4.90 Å². The molecule has 9 heteroatoms. The molecule has 1 saturated heterocycles. The van der Waals surface area contributed by atoms with Crippen molar-refractivity contribution in [2.45, 2.75) is 19.5 Å². The molecule has 0 aliphatic carbocycles. The molecular formula is C17H20ClN5O3. The largest absolute Gasteiger partial charge is 0.338 e. The molecule has 8 nitrogen and oxygen atoms in total. The number of hydrogen-bond acceptors (Lipinski definition) is 5. The Morgan fingerprint density at radius 2 is 2.00 bits per heavy atom. The van der Waals surface area contributed by atoms with E-state index in [1.54, 1.807) is 11.8 Å². The molecule has 0 radical (unpaired) electrons. The first-order valence-corrected chi connectivity index (χ1v) is 8.76. The first kappa shape index (κ1) is 18.3. The van der Waals surface area contributed by atoms with Gasteiger partial charge in [-0.1, -0.05) is 29.8 Å². The van der Waals surface area contributed by atoms with E-state index in [0.29, 0.717) is 13.1 Å². The van der Waals surface area contributed by atoms with Crippen LogP contribution in [0, 0.1) is 10.1 Å². The van der Waals surface area contributed by atoms with Gasteiger partial charge in [0.05, 0.1) is 4.92 Å². The lowest BCUT2D eigenvalue weighted by Gasteiger charge is -2.36. The van der Waals surface area contributed by atoms with Crippen molar-refractivity contribution in [1.29, 1.82) is 0 Å². The summed E-state index contributed by atoms with van der Waals surface area (Å²) in [6.45, 7) is 5.18. The van der Waals surface area contributed by atoms with Gasteiger partial charge in [0.25, 0.3) is 0 Å². The molecule has 26 heavy (non-hydrogen) atoms. The Hall–Kier alpha value is -2.45. The first-order valence-electron chi connectivity index (χ1n) is 8.39. The van der Waals surface area contributed by atoms with Crippen LogP contribution in [-0.4, -0.2) is 56.6 Å². The molecule has 1 unspecified atom stereocenters. The maximum atomic E-state index is 12.7. The number of carbonyl (C=O) groups is 1. The molecule has 0 bridgehead atoms. The Kier molecular flexibility index (Phi) is 5.53. The molecule has 1 aromatic heterocycles. The molecule has 138 valence electrons. The standard InChI is InChI=1S/C17H20ClN5O3/c1-13(22-12-15(10-19-22)23(25)26)17(24)21-8-6-20(7-9-21)11-14-4-2-3-5-16(14)18/h2-5,10,12-13H,6-9,11H2,1H3. The Labute approximate surface area is 156 Å². The number of rotatable bonds is 5. The molecule has 0 saturated carbocycles. The van der Waals surface area contributed by atoms with E-state index in [1.807, 2.05) is 24.3 Å². The van der Waals surface area contributed by atoms with Gasteiger partial charge in [-0.3, -0.25) is 24.5 Å². The summed E-state index contributed by atoms with van der Waals surface area (Å²) in [6.07, 6.45) is 2.45. The number of hydrogen-bond donors (Lipinski definition) is 0. The van der Waals surface area contributed by atoms with Crippen molar-refractivity contribution in [3.05, 3.63) is 57.4 Å². The quantitative estimate of drug-likeness (QED) is 0.589. The van der Waals surface area contributed by atoms with Gasteiger partial charge in [0.2, 0.25) is 5.91 Å². The Bertz CT molecular complexity index is 801. The number of amides is 1. The van der Waals surface area contributed by atoms with Crippen LogP contribution in [0.15, 0.2) is 36.7 Å². The fourth-order valence-electron chi connectivity index (χ4n) is 3.01. The first-order chi connectivity index (χ1) is 12.5. The van der Waals surface area contributed by atoms with Crippen molar-refractivity contribution in [2.24, 2.45) is 0 Å². The minimum Gasteiger partial charge on any atom is -0.338 e. The van der Waals surface area contributed by atoms with Gasteiger partial charge in [0.1, 0.15) is 18.4 Å². The lowest BCUT2D eigenvalue weighted by molar-refractivity contribution is -0.385. The van der Waals surface area contributed by atoms with Crippen LogP contribution in [-0.2, 0) is 11.3 Å². The molecule has 2 aromatic rings. The van der Waals surface area contributed by atoms with Crippen LogP contribution >= 0.6 is 11.6 Å². The van der Waals surface area contributed by atoms with Crippen LogP contribution in [0.1, 0.15) is 18.5 Å². The highest BCUT2D eigenvalue weighted by Gasteiger charge is 2.27. The van der Waals surface area contributed by atoms with Gasteiger partial charge >= 0.3 is 5.69 Å². The zero-order valence-electron chi connectivity index (χ0n) is 14.4. The summed E-state index contributed by atoms with van der Waals surface area (Å²) in [5.41, 5.74) is 0.959. The van der Waals surface area contributed by atoms with Crippen LogP contribution in [0.25, 0.3) is 0 Å². The third-order valence-corrected chi connectivity index (χ3v) is 4.96. The van der Waals surface area contributed by atoms with E-state index in [0.717, 1.165) is 36.4 Å². The zero-order valence-corrected chi connectivity index (χ0v) is 15.2. The normalized spacial score (nSPS) is 16.5. The highest BCUT2D eigenvalue weighted by molar-refractivity contribution is 6.31. The molecular weight excluding hydrogens is 358 g/mol. The number of halogens is 1. The van der Waals surface area contributed by atoms with E-state index in [1.165, 1.54) is 10.9 Å². The summed E-state index contributed by atoms with van der Waals surface area (Å²) >= 11 is 6.21. The van der Waals surface area contributed by atoms with Crippen molar-refractivity contribution in [1.82, 2.24) is 19.6 Å². The summed E-state index contributed by atoms with van der Waals surface area (Å²) in [6, 6.07) is 7.18. The fraction of sp³-hybridized carbons (Fsp3) is 0.412. The third-order valence-electron chi connectivity index (χ3n) is 4.59.